The van der Waals surface area contributed by atoms with Crippen molar-refractivity contribution in [1.29, 1.82) is 0 Å². The first-order valence-electron chi connectivity index (χ1n) is 5.56. The second-order valence-corrected chi connectivity index (χ2v) is 3.94. The van der Waals surface area contributed by atoms with E-state index in [0.717, 1.165) is 0 Å². The normalized spacial score (nSPS) is 11.4. The van der Waals surface area contributed by atoms with Crippen LogP contribution in [0.25, 0.3) is 11.3 Å². The molecule has 0 aliphatic carbocycles. The average molecular weight is 287 g/mol. The van der Waals surface area contributed by atoms with Gasteiger partial charge in [-0.15, -0.1) is 0 Å². The van der Waals surface area contributed by atoms with Crippen molar-refractivity contribution in [3.8, 4) is 11.3 Å². The van der Waals surface area contributed by atoms with Crippen molar-refractivity contribution in [2.24, 2.45) is 0 Å². The summed E-state index contributed by atoms with van der Waals surface area (Å²) in [6, 6.07) is 8.21. The summed E-state index contributed by atoms with van der Waals surface area (Å²) < 4.78 is 54.4. The first-order valence-corrected chi connectivity index (χ1v) is 5.56. The van der Waals surface area contributed by atoms with E-state index >= 15 is 0 Å². The van der Waals surface area contributed by atoms with E-state index in [9.17, 15) is 22.4 Å². The van der Waals surface area contributed by atoms with Crippen molar-refractivity contribution in [3.63, 3.8) is 0 Å². The molecule has 1 amide bonds. The Bertz CT molecular complexity index is 619. The molecule has 1 N–H and O–H groups in total. The SMILES string of the molecule is O=C(NCC(F)(F)F)c1ccc(-c2ccccc2F)o1. The molecule has 0 saturated heterocycles. The number of alkyl halides is 3. The van der Waals surface area contributed by atoms with Gasteiger partial charge in [-0.3, -0.25) is 4.79 Å². The number of rotatable bonds is 3. The first kappa shape index (κ1) is 14.1. The third kappa shape index (κ3) is 3.37. The van der Waals surface area contributed by atoms with Crippen molar-refractivity contribution in [1.82, 2.24) is 5.32 Å². The van der Waals surface area contributed by atoms with Gasteiger partial charge in [-0.2, -0.15) is 13.2 Å². The molecule has 0 atom stereocenters. The van der Waals surface area contributed by atoms with E-state index in [2.05, 4.69) is 0 Å². The van der Waals surface area contributed by atoms with E-state index in [-0.39, 0.29) is 17.1 Å². The summed E-state index contributed by atoms with van der Waals surface area (Å²) in [5, 5.41) is 1.67. The van der Waals surface area contributed by atoms with Crippen LogP contribution < -0.4 is 5.32 Å². The fourth-order valence-electron chi connectivity index (χ4n) is 1.53. The Balaban J connectivity index is 2.13. The summed E-state index contributed by atoms with van der Waals surface area (Å²) in [4.78, 5) is 11.4. The summed E-state index contributed by atoms with van der Waals surface area (Å²) in [5.74, 6) is -1.80. The number of nitrogens with one attached hydrogen (secondary N) is 1. The van der Waals surface area contributed by atoms with Crippen LogP contribution in [0.15, 0.2) is 40.8 Å². The topological polar surface area (TPSA) is 42.2 Å². The fourth-order valence-corrected chi connectivity index (χ4v) is 1.53. The minimum absolute atomic E-state index is 0.0697. The molecule has 0 unspecified atom stereocenters. The molecule has 0 aliphatic heterocycles. The minimum Gasteiger partial charge on any atom is -0.451 e. The minimum atomic E-state index is -4.50. The summed E-state index contributed by atoms with van der Waals surface area (Å²) in [6.45, 7) is -1.46. The second kappa shape index (κ2) is 5.36. The highest BCUT2D eigenvalue weighted by molar-refractivity contribution is 5.92. The highest BCUT2D eigenvalue weighted by Gasteiger charge is 2.28. The number of hydrogen-bond donors (Lipinski definition) is 1. The van der Waals surface area contributed by atoms with E-state index in [1.54, 1.807) is 11.4 Å². The summed E-state index contributed by atoms with van der Waals surface area (Å²) in [5.41, 5.74) is 0.127. The molecule has 0 aliphatic rings. The lowest BCUT2D eigenvalue weighted by atomic mass is 10.1. The van der Waals surface area contributed by atoms with Crippen molar-refractivity contribution < 1.29 is 26.8 Å². The third-order valence-corrected chi connectivity index (χ3v) is 2.42. The second-order valence-electron chi connectivity index (χ2n) is 3.94. The van der Waals surface area contributed by atoms with Crippen LogP contribution in [-0.4, -0.2) is 18.6 Å². The quantitative estimate of drug-likeness (QED) is 0.879. The molecule has 7 heteroatoms. The lowest BCUT2D eigenvalue weighted by Crippen LogP contribution is -2.33. The molecule has 1 heterocycles. The van der Waals surface area contributed by atoms with E-state index < -0.39 is 24.4 Å². The zero-order chi connectivity index (χ0) is 14.8. The Morgan fingerprint density at radius 3 is 2.50 bits per heavy atom. The van der Waals surface area contributed by atoms with E-state index in [1.807, 2.05) is 0 Å². The smallest absolute Gasteiger partial charge is 0.405 e. The zero-order valence-electron chi connectivity index (χ0n) is 10.00. The fraction of sp³-hybridized carbons (Fsp3) is 0.154. The van der Waals surface area contributed by atoms with Crippen molar-refractivity contribution >= 4 is 5.91 Å². The maximum absolute atomic E-state index is 13.5. The number of halogens is 4. The van der Waals surface area contributed by atoms with Gasteiger partial charge in [0.05, 0.1) is 5.56 Å². The number of carbonyl (C=O) groups excluding carboxylic acids is 1. The third-order valence-electron chi connectivity index (χ3n) is 2.42. The molecule has 0 spiro atoms. The Morgan fingerprint density at radius 1 is 1.15 bits per heavy atom. The maximum Gasteiger partial charge on any atom is 0.405 e. The van der Waals surface area contributed by atoms with Gasteiger partial charge in [0.2, 0.25) is 0 Å². The molecular formula is C13H9F4NO2. The zero-order valence-corrected chi connectivity index (χ0v) is 10.00. The van der Waals surface area contributed by atoms with Gasteiger partial charge in [-0.25, -0.2) is 4.39 Å². The average Bonchev–Trinajstić information content (AvgIpc) is 2.85. The van der Waals surface area contributed by atoms with Crippen LogP contribution in [0.4, 0.5) is 17.6 Å². The van der Waals surface area contributed by atoms with Crippen LogP contribution in [-0.2, 0) is 0 Å². The van der Waals surface area contributed by atoms with Crippen LogP contribution >= 0.6 is 0 Å². The van der Waals surface area contributed by atoms with E-state index in [4.69, 9.17) is 4.42 Å². The van der Waals surface area contributed by atoms with Gasteiger partial charge in [0, 0.05) is 0 Å². The van der Waals surface area contributed by atoms with Crippen LogP contribution in [0.5, 0.6) is 0 Å². The number of amides is 1. The standard InChI is InChI=1S/C13H9F4NO2/c14-9-4-2-1-3-8(9)10-5-6-11(20-10)12(19)18-7-13(15,16)17/h1-6H,7H2,(H,18,19). The predicted octanol–water partition coefficient (Wildman–Crippen LogP) is 3.38. The van der Waals surface area contributed by atoms with Gasteiger partial charge in [0.25, 0.3) is 5.91 Å². The highest BCUT2D eigenvalue weighted by Crippen LogP contribution is 2.24. The molecule has 0 fully saturated rings. The largest absolute Gasteiger partial charge is 0.451 e. The molecule has 106 valence electrons. The van der Waals surface area contributed by atoms with Crippen molar-refractivity contribution in [2.75, 3.05) is 6.54 Å². The molecule has 0 radical (unpaired) electrons. The van der Waals surface area contributed by atoms with E-state index in [1.165, 1.54) is 30.3 Å². The molecule has 1 aromatic carbocycles. The van der Waals surface area contributed by atoms with Gasteiger partial charge in [-0.05, 0) is 24.3 Å². The monoisotopic (exact) mass is 287 g/mol. The number of furan rings is 1. The predicted molar refractivity (Wildman–Crippen MR) is 62.5 cm³/mol. The van der Waals surface area contributed by atoms with Gasteiger partial charge in [0.15, 0.2) is 5.76 Å². The van der Waals surface area contributed by atoms with Crippen LogP contribution in [0.1, 0.15) is 10.6 Å². The summed E-state index contributed by atoms with van der Waals surface area (Å²) in [6.07, 6.45) is -4.50. The van der Waals surface area contributed by atoms with Gasteiger partial charge in [-0.1, -0.05) is 12.1 Å². The number of benzene rings is 1. The molecule has 1 aromatic heterocycles. The van der Waals surface area contributed by atoms with Gasteiger partial charge in [0.1, 0.15) is 18.1 Å². The summed E-state index contributed by atoms with van der Waals surface area (Å²) in [7, 11) is 0. The number of hydrogen-bond acceptors (Lipinski definition) is 2. The van der Waals surface area contributed by atoms with Crippen LogP contribution in [0.3, 0.4) is 0 Å². The molecule has 20 heavy (non-hydrogen) atoms. The Kier molecular flexibility index (Phi) is 3.78. The van der Waals surface area contributed by atoms with Crippen LogP contribution in [0, 0.1) is 5.82 Å². The molecule has 3 nitrogen and oxygen atoms in total. The van der Waals surface area contributed by atoms with E-state index in [0.29, 0.717) is 0 Å². The first-order chi connectivity index (χ1) is 9.37. The number of carbonyl (C=O) groups is 1. The molecule has 2 rings (SSSR count). The Hall–Kier alpha value is -2.31. The Morgan fingerprint density at radius 2 is 1.85 bits per heavy atom. The molecule has 0 bridgehead atoms. The molecule has 0 saturated carbocycles. The summed E-state index contributed by atoms with van der Waals surface area (Å²) >= 11 is 0. The van der Waals surface area contributed by atoms with Gasteiger partial charge < -0.3 is 9.73 Å². The molecular weight excluding hydrogens is 278 g/mol. The lowest BCUT2D eigenvalue weighted by Gasteiger charge is -2.06. The molecule has 2 aromatic rings. The Labute approximate surface area is 111 Å². The van der Waals surface area contributed by atoms with Crippen molar-refractivity contribution in [2.45, 2.75) is 6.18 Å². The van der Waals surface area contributed by atoms with Crippen LogP contribution in [0.2, 0.25) is 0 Å². The highest BCUT2D eigenvalue weighted by atomic mass is 19.4. The lowest BCUT2D eigenvalue weighted by molar-refractivity contribution is -0.123. The maximum atomic E-state index is 13.5. The van der Waals surface area contributed by atoms with Gasteiger partial charge >= 0.3 is 6.18 Å². The van der Waals surface area contributed by atoms with Crippen molar-refractivity contribution in [3.05, 3.63) is 48.0 Å².